The molecule has 318 valence electrons. The second-order valence-electron chi connectivity index (χ2n) is 20.2. The molecule has 0 aromatic heterocycles. The highest BCUT2D eigenvalue weighted by atomic mass is 16.5. The summed E-state index contributed by atoms with van der Waals surface area (Å²) in [6.07, 6.45) is 53.0. The zero-order valence-electron chi connectivity index (χ0n) is 38.0. The fraction of sp³-hybridized carbons (Fsp3) is 0.796. The van der Waals surface area contributed by atoms with Gasteiger partial charge in [-0.3, -0.25) is 4.79 Å². The molecule has 0 saturated heterocycles. The average Bonchev–Trinajstić information content (AvgIpc) is 3.54. The maximum atomic E-state index is 12.9. The van der Waals surface area contributed by atoms with Crippen molar-refractivity contribution in [2.24, 2.45) is 52.3 Å². The minimum absolute atomic E-state index is 0.0502. The Morgan fingerprint density at radius 3 is 1.96 bits per heavy atom. The maximum Gasteiger partial charge on any atom is 0.306 e. The molecule has 0 spiro atoms. The number of fused-ring (bicyclic) bond motifs is 5. The summed E-state index contributed by atoms with van der Waals surface area (Å²) < 4.78 is 6.16. The van der Waals surface area contributed by atoms with Crippen molar-refractivity contribution in [1.82, 2.24) is 0 Å². The van der Waals surface area contributed by atoms with E-state index in [0.29, 0.717) is 17.3 Å². The lowest BCUT2D eigenvalue weighted by atomic mass is 9.47. The van der Waals surface area contributed by atoms with Gasteiger partial charge in [-0.15, -0.1) is 0 Å². The first-order valence-electron chi connectivity index (χ1n) is 24.6. The second-order valence-corrected chi connectivity index (χ2v) is 20.2. The van der Waals surface area contributed by atoms with Gasteiger partial charge in [0, 0.05) is 12.8 Å². The van der Waals surface area contributed by atoms with Crippen LogP contribution in [0.4, 0.5) is 0 Å². The first kappa shape index (κ1) is 46.9. The number of hydrogen-bond donors (Lipinski definition) is 0. The van der Waals surface area contributed by atoms with Crippen LogP contribution in [-0.4, -0.2) is 12.1 Å². The molecule has 4 aliphatic carbocycles. The van der Waals surface area contributed by atoms with E-state index >= 15 is 0 Å². The molecule has 3 saturated carbocycles. The number of allylic oxidation sites excluding steroid dienone is 9. The maximum absolute atomic E-state index is 12.9. The minimum atomic E-state index is 0.0502. The highest BCUT2D eigenvalue weighted by Gasteiger charge is 2.59. The normalized spacial score (nSPS) is 30.3. The van der Waals surface area contributed by atoms with Gasteiger partial charge in [0.25, 0.3) is 0 Å². The Labute approximate surface area is 348 Å². The van der Waals surface area contributed by atoms with Crippen LogP contribution in [0.5, 0.6) is 0 Å². The molecule has 4 aliphatic rings. The van der Waals surface area contributed by atoms with Crippen LogP contribution in [0.3, 0.4) is 0 Å². The van der Waals surface area contributed by atoms with E-state index in [2.05, 4.69) is 103 Å². The van der Waals surface area contributed by atoms with Gasteiger partial charge in [-0.2, -0.15) is 0 Å². The van der Waals surface area contributed by atoms with E-state index in [1.807, 2.05) is 0 Å². The molecular weight excluding hydrogens is 681 g/mol. The molecule has 0 aromatic rings. The van der Waals surface area contributed by atoms with Crippen molar-refractivity contribution in [3.63, 3.8) is 0 Å². The molecule has 9 unspecified atom stereocenters. The summed E-state index contributed by atoms with van der Waals surface area (Å²) in [5.74, 6) is 6.04. The quantitative estimate of drug-likeness (QED) is 0.0497. The summed E-state index contributed by atoms with van der Waals surface area (Å²) in [5.41, 5.74) is 2.49. The number of carbonyl (C=O) groups excluding carboxylic acids is 1. The zero-order valence-corrected chi connectivity index (χ0v) is 38.0. The molecule has 3 fully saturated rings. The average molecular weight is 771 g/mol. The van der Waals surface area contributed by atoms with E-state index in [1.165, 1.54) is 116 Å². The van der Waals surface area contributed by atoms with Gasteiger partial charge in [0.15, 0.2) is 0 Å². The minimum Gasteiger partial charge on any atom is -0.462 e. The predicted molar refractivity (Wildman–Crippen MR) is 244 cm³/mol. The number of unbranched alkanes of at least 4 members (excludes halogenated alkanes) is 10. The number of rotatable bonds is 26. The van der Waals surface area contributed by atoms with Crippen molar-refractivity contribution < 1.29 is 9.53 Å². The van der Waals surface area contributed by atoms with Gasteiger partial charge in [0.05, 0.1) is 0 Å². The van der Waals surface area contributed by atoms with Crippen LogP contribution < -0.4 is 0 Å². The Bertz CT molecular complexity index is 1260. The summed E-state index contributed by atoms with van der Waals surface area (Å²) in [5, 5.41) is 0. The van der Waals surface area contributed by atoms with Crippen LogP contribution >= 0.6 is 0 Å². The molecule has 0 aliphatic heterocycles. The number of ether oxygens (including phenoxy) is 1. The van der Waals surface area contributed by atoms with Crippen molar-refractivity contribution in [3.8, 4) is 0 Å². The Morgan fingerprint density at radius 2 is 1.32 bits per heavy atom. The molecule has 0 aromatic carbocycles. The predicted octanol–water partition coefficient (Wildman–Crippen LogP) is 16.7. The number of esters is 1. The molecular formula is C54H90O2. The fourth-order valence-electron chi connectivity index (χ4n) is 12.0. The van der Waals surface area contributed by atoms with Gasteiger partial charge < -0.3 is 4.74 Å². The smallest absolute Gasteiger partial charge is 0.306 e. The molecule has 0 radical (unpaired) electrons. The van der Waals surface area contributed by atoms with Gasteiger partial charge in [0.2, 0.25) is 0 Å². The van der Waals surface area contributed by atoms with Gasteiger partial charge >= 0.3 is 5.97 Å². The van der Waals surface area contributed by atoms with E-state index in [9.17, 15) is 4.79 Å². The first-order chi connectivity index (χ1) is 27.1. The Morgan fingerprint density at radius 1 is 0.714 bits per heavy atom. The van der Waals surface area contributed by atoms with Crippen LogP contribution in [0, 0.1) is 52.3 Å². The summed E-state index contributed by atoms with van der Waals surface area (Å²) in [6.45, 7) is 17.4. The van der Waals surface area contributed by atoms with Crippen LogP contribution in [0.15, 0.2) is 60.3 Å². The third-order valence-corrected chi connectivity index (χ3v) is 16.0. The van der Waals surface area contributed by atoms with Crippen molar-refractivity contribution in [2.45, 2.75) is 222 Å². The van der Waals surface area contributed by atoms with E-state index in [1.54, 1.807) is 5.57 Å². The van der Waals surface area contributed by atoms with Gasteiger partial charge in [-0.25, -0.2) is 0 Å². The molecule has 0 heterocycles. The molecule has 0 N–H and O–H groups in total. The fourth-order valence-corrected chi connectivity index (χ4v) is 12.0. The third kappa shape index (κ3) is 14.2. The van der Waals surface area contributed by atoms with Crippen LogP contribution in [0.2, 0.25) is 0 Å². The standard InChI is InChI=1S/C54H90O2/c1-8-9-10-11-12-13-14-15-16-17-18-19-20-21-22-23-24-25-26-27-28-29-30-31-52(55)56-47-38-40-53(6)46(42-47)34-35-48-50-37-36-49(54(50,7)41-39-51(48)53)45(5)33-32-44(4)43(2)3/h12-13,15-16,18-19,21-22,34,43-45,47-51H,8-11,14,17,20,23-33,35-42H2,1-7H3/b13-12-,16-15-,19-18-,22-21-. The van der Waals surface area contributed by atoms with Crippen molar-refractivity contribution >= 4 is 5.97 Å². The number of hydrogen-bond acceptors (Lipinski definition) is 2. The van der Waals surface area contributed by atoms with Crippen molar-refractivity contribution in [2.75, 3.05) is 0 Å². The largest absolute Gasteiger partial charge is 0.462 e. The summed E-state index contributed by atoms with van der Waals surface area (Å²) in [4.78, 5) is 12.9. The van der Waals surface area contributed by atoms with Crippen molar-refractivity contribution in [1.29, 1.82) is 0 Å². The lowest BCUT2D eigenvalue weighted by molar-refractivity contribution is -0.151. The molecule has 0 bridgehead atoms. The molecule has 56 heavy (non-hydrogen) atoms. The van der Waals surface area contributed by atoms with Crippen molar-refractivity contribution in [3.05, 3.63) is 60.3 Å². The Balaban J connectivity index is 1.03. The topological polar surface area (TPSA) is 26.3 Å². The monoisotopic (exact) mass is 771 g/mol. The SMILES string of the molecule is CCCCC/C=C\C/C=C\C/C=C\C/C=C\CCCCCCCCCC(=O)OC1CCC2(C)C(=CCC3C2CCC2(C)C(C(C)CCC(C)C(C)C)CCC32)C1. The lowest BCUT2D eigenvalue weighted by Gasteiger charge is -2.58. The lowest BCUT2D eigenvalue weighted by Crippen LogP contribution is -2.51. The van der Waals surface area contributed by atoms with E-state index in [4.69, 9.17) is 4.74 Å². The highest BCUT2D eigenvalue weighted by Crippen LogP contribution is 2.67. The Hall–Kier alpha value is -1.83. The van der Waals surface area contributed by atoms with E-state index < -0.39 is 0 Å². The molecule has 2 heteroatoms. The van der Waals surface area contributed by atoms with Crippen LogP contribution in [-0.2, 0) is 9.53 Å². The molecule has 9 atom stereocenters. The van der Waals surface area contributed by atoms with Gasteiger partial charge in [-0.1, -0.05) is 167 Å². The van der Waals surface area contributed by atoms with E-state index in [-0.39, 0.29) is 12.1 Å². The van der Waals surface area contributed by atoms with Gasteiger partial charge in [-0.05, 0) is 149 Å². The molecule has 0 amide bonds. The zero-order chi connectivity index (χ0) is 40.2. The highest BCUT2D eigenvalue weighted by molar-refractivity contribution is 5.69. The first-order valence-corrected chi connectivity index (χ1v) is 24.6. The summed E-state index contributed by atoms with van der Waals surface area (Å²) >= 11 is 0. The third-order valence-electron chi connectivity index (χ3n) is 16.0. The summed E-state index contributed by atoms with van der Waals surface area (Å²) in [6, 6.07) is 0. The van der Waals surface area contributed by atoms with E-state index in [0.717, 1.165) is 86.4 Å². The summed E-state index contributed by atoms with van der Waals surface area (Å²) in [7, 11) is 0. The van der Waals surface area contributed by atoms with Crippen LogP contribution in [0.25, 0.3) is 0 Å². The van der Waals surface area contributed by atoms with Gasteiger partial charge in [0.1, 0.15) is 6.10 Å². The molecule has 4 rings (SSSR count). The Kier molecular flexibility index (Phi) is 20.9. The molecule has 2 nitrogen and oxygen atoms in total. The second kappa shape index (κ2) is 24.9. The van der Waals surface area contributed by atoms with Crippen LogP contribution in [0.1, 0.15) is 215 Å². The number of carbonyl (C=O) groups is 1.